The molecule has 16 heavy (non-hydrogen) atoms. The monoisotopic (exact) mass is 224 g/mol. The van der Waals surface area contributed by atoms with Crippen molar-refractivity contribution in [2.24, 2.45) is 0 Å². The third kappa shape index (κ3) is 3.15. The zero-order chi connectivity index (χ0) is 12.0. The predicted octanol–water partition coefficient (Wildman–Crippen LogP) is 2.36. The lowest BCUT2D eigenvalue weighted by Crippen LogP contribution is -2.03. The number of rotatable bonds is 5. The summed E-state index contributed by atoms with van der Waals surface area (Å²) in [7, 11) is 1.27. The second-order valence-corrected chi connectivity index (χ2v) is 3.37. The molecule has 0 aromatic heterocycles. The first kappa shape index (κ1) is 12.4. The number of phenols is 1. The lowest BCUT2D eigenvalue weighted by atomic mass is 10.2. The van der Waals surface area contributed by atoms with Gasteiger partial charge in [0.1, 0.15) is 17.1 Å². The van der Waals surface area contributed by atoms with Crippen LogP contribution in [0.15, 0.2) is 18.2 Å². The molecule has 0 heterocycles. The fraction of sp³-hybridized carbons (Fsp3) is 0.417. The fourth-order valence-corrected chi connectivity index (χ4v) is 1.21. The molecule has 0 aliphatic carbocycles. The Hall–Kier alpha value is -1.71. The molecule has 0 spiro atoms. The highest BCUT2D eigenvalue weighted by Gasteiger charge is 2.12. The zero-order valence-electron chi connectivity index (χ0n) is 9.53. The summed E-state index contributed by atoms with van der Waals surface area (Å²) in [6.07, 6.45) is 2.00. The maximum absolute atomic E-state index is 11.3. The number of unbranched alkanes of at least 4 members (excludes halogenated alkanes) is 1. The number of aromatic hydroxyl groups is 1. The summed E-state index contributed by atoms with van der Waals surface area (Å²) in [5, 5.41) is 9.45. The minimum atomic E-state index is -0.571. The number of phenolic OH excluding ortho intramolecular Hbond substituents is 1. The zero-order valence-corrected chi connectivity index (χ0v) is 9.53. The summed E-state index contributed by atoms with van der Waals surface area (Å²) in [6.45, 7) is 2.67. The van der Waals surface area contributed by atoms with Crippen molar-refractivity contribution in [2.75, 3.05) is 13.7 Å². The first-order chi connectivity index (χ1) is 7.69. The van der Waals surface area contributed by atoms with Crippen molar-refractivity contribution < 1.29 is 19.4 Å². The molecule has 4 heteroatoms. The van der Waals surface area contributed by atoms with Gasteiger partial charge in [0.2, 0.25) is 0 Å². The summed E-state index contributed by atoms with van der Waals surface area (Å²) in [5.74, 6) is -0.111. The van der Waals surface area contributed by atoms with Gasteiger partial charge < -0.3 is 14.6 Å². The molecule has 1 aromatic carbocycles. The molecule has 1 rings (SSSR count). The predicted molar refractivity (Wildman–Crippen MR) is 59.8 cm³/mol. The van der Waals surface area contributed by atoms with Gasteiger partial charge >= 0.3 is 5.97 Å². The summed E-state index contributed by atoms with van der Waals surface area (Å²) in [6, 6.07) is 4.53. The first-order valence-corrected chi connectivity index (χ1v) is 5.23. The molecule has 1 aromatic rings. The van der Waals surface area contributed by atoms with E-state index in [1.54, 1.807) is 6.07 Å². The average Bonchev–Trinajstić information content (AvgIpc) is 2.30. The molecule has 88 valence electrons. The van der Waals surface area contributed by atoms with Crippen LogP contribution in [0.4, 0.5) is 0 Å². The van der Waals surface area contributed by atoms with Gasteiger partial charge in [-0.15, -0.1) is 0 Å². The van der Waals surface area contributed by atoms with Gasteiger partial charge in [0, 0.05) is 0 Å². The highest BCUT2D eigenvalue weighted by Crippen LogP contribution is 2.23. The first-order valence-electron chi connectivity index (χ1n) is 5.23. The Balaban J connectivity index is 2.77. The number of hydrogen-bond acceptors (Lipinski definition) is 4. The van der Waals surface area contributed by atoms with Crippen LogP contribution in [0.2, 0.25) is 0 Å². The van der Waals surface area contributed by atoms with Gasteiger partial charge in [0.15, 0.2) is 0 Å². The van der Waals surface area contributed by atoms with Crippen molar-refractivity contribution in [2.45, 2.75) is 19.8 Å². The molecule has 0 unspecified atom stereocenters. The van der Waals surface area contributed by atoms with Crippen LogP contribution in [0.5, 0.6) is 11.5 Å². The van der Waals surface area contributed by atoms with Gasteiger partial charge in [-0.2, -0.15) is 0 Å². The average molecular weight is 224 g/mol. The minimum Gasteiger partial charge on any atom is -0.507 e. The molecule has 0 bridgehead atoms. The maximum atomic E-state index is 11.3. The van der Waals surface area contributed by atoms with Gasteiger partial charge in [0.25, 0.3) is 0 Å². The molecule has 0 aliphatic heterocycles. The van der Waals surface area contributed by atoms with Crippen LogP contribution in [0.3, 0.4) is 0 Å². The summed E-state index contributed by atoms with van der Waals surface area (Å²) in [5.41, 5.74) is 0.122. The van der Waals surface area contributed by atoms with Gasteiger partial charge in [-0.25, -0.2) is 4.79 Å². The number of methoxy groups -OCH3 is 1. The van der Waals surface area contributed by atoms with Crippen LogP contribution in [-0.2, 0) is 4.74 Å². The van der Waals surface area contributed by atoms with Crippen LogP contribution in [0.1, 0.15) is 30.1 Å². The number of carbonyl (C=O) groups is 1. The maximum Gasteiger partial charge on any atom is 0.341 e. The Labute approximate surface area is 94.8 Å². The number of benzene rings is 1. The van der Waals surface area contributed by atoms with Crippen molar-refractivity contribution in [1.82, 2.24) is 0 Å². The molecule has 4 nitrogen and oxygen atoms in total. The van der Waals surface area contributed by atoms with Gasteiger partial charge in [-0.3, -0.25) is 0 Å². The van der Waals surface area contributed by atoms with Gasteiger partial charge in [0.05, 0.1) is 13.7 Å². The molecule has 0 fully saturated rings. The molecule has 0 atom stereocenters. The van der Waals surface area contributed by atoms with Crippen molar-refractivity contribution >= 4 is 5.97 Å². The topological polar surface area (TPSA) is 55.8 Å². The SMILES string of the molecule is CCCCOc1ccc(O)c(C(=O)OC)c1. The molecule has 0 aliphatic rings. The summed E-state index contributed by atoms with van der Waals surface area (Å²) < 4.78 is 9.96. The van der Waals surface area contributed by atoms with Crippen LogP contribution < -0.4 is 4.74 Å². The molecule has 0 saturated carbocycles. The van der Waals surface area contributed by atoms with E-state index in [1.165, 1.54) is 19.2 Å². The highest BCUT2D eigenvalue weighted by molar-refractivity contribution is 5.92. The van der Waals surface area contributed by atoms with Crippen molar-refractivity contribution in [3.63, 3.8) is 0 Å². The van der Waals surface area contributed by atoms with Crippen LogP contribution in [0.25, 0.3) is 0 Å². The Morgan fingerprint density at radius 2 is 2.19 bits per heavy atom. The third-order valence-electron chi connectivity index (χ3n) is 2.14. The second-order valence-electron chi connectivity index (χ2n) is 3.37. The Morgan fingerprint density at radius 3 is 2.81 bits per heavy atom. The number of hydrogen-bond donors (Lipinski definition) is 1. The number of carbonyl (C=O) groups excluding carboxylic acids is 1. The molecule has 0 amide bonds. The normalized spacial score (nSPS) is 9.88. The van der Waals surface area contributed by atoms with Gasteiger partial charge in [-0.1, -0.05) is 13.3 Å². The van der Waals surface area contributed by atoms with E-state index in [-0.39, 0.29) is 11.3 Å². The van der Waals surface area contributed by atoms with E-state index in [0.29, 0.717) is 12.4 Å². The van der Waals surface area contributed by atoms with Crippen LogP contribution >= 0.6 is 0 Å². The van der Waals surface area contributed by atoms with E-state index in [9.17, 15) is 9.90 Å². The van der Waals surface area contributed by atoms with E-state index >= 15 is 0 Å². The molecular formula is C12H16O4. The minimum absolute atomic E-state index is 0.102. The lowest BCUT2D eigenvalue weighted by molar-refractivity contribution is 0.0597. The van der Waals surface area contributed by atoms with E-state index in [1.807, 2.05) is 0 Å². The Morgan fingerprint density at radius 1 is 1.44 bits per heavy atom. The van der Waals surface area contributed by atoms with E-state index in [0.717, 1.165) is 12.8 Å². The Kier molecular flexibility index (Phi) is 4.64. The van der Waals surface area contributed by atoms with E-state index < -0.39 is 5.97 Å². The molecule has 0 saturated heterocycles. The van der Waals surface area contributed by atoms with Crippen LogP contribution in [0, 0.1) is 0 Å². The van der Waals surface area contributed by atoms with E-state index in [4.69, 9.17) is 4.74 Å². The smallest absolute Gasteiger partial charge is 0.341 e. The van der Waals surface area contributed by atoms with Gasteiger partial charge in [-0.05, 0) is 24.6 Å². The number of esters is 1. The lowest BCUT2D eigenvalue weighted by Gasteiger charge is -2.08. The Bertz CT molecular complexity index is 360. The van der Waals surface area contributed by atoms with Crippen molar-refractivity contribution in [3.05, 3.63) is 23.8 Å². The van der Waals surface area contributed by atoms with Crippen LogP contribution in [-0.4, -0.2) is 24.8 Å². The quantitative estimate of drug-likeness (QED) is 0.616. The summed E-state index contributed by atoms with van der Waals surface area (Å²) in [4.78, 5) is 11.3. The molecule has 0 radical (unpaired) electrons. The van der Waals surface area contributed by atoms with Crippen molar-refractivity contribution in [1.29, 1.82) is 0 Å². The third-order valence-corrected chi connectivity index (χ3v) is 2.14. The number of ether oxygens (including phenoxy) is 2. The van der Waals surface area contributed by atoms with Crippen molar-refractivity contribution in [3.8, 4) is 11.5 Å². The fourth-order valence-electron chi connectivity index (χ4n) is 1.21. The highest BCUT2D eigenvalue weighted by atomic mass is 16.5. The molecule has 1 N–H and O–H groups in total. The largest absolute Gasteiger partial charge is 0.507 e. The standard InChI is InChI=1S/C12H16O4/c1-3-4-7-16-9-5-6-11(13)10(8-9)12(14)15-2/h5-6,8,13H,3-4,7H2,1-2H3. The molecular weight excluding hydrogens is 208 g/mol. The van der Waals surface area contributed by atoms with E-state index in [2.05, 4.69) is 11.7 Å². The second kappa shape index (κ2) is 6.00. The summed E-state index contributed by atoms with van der Waals surface area (Å²) >= 11 is 0.